The number of H-pyrrole nitrogens is 1. The maximum atomic E-state index is 5.51. The van der Waals surface area contributed by atoms with Crippen molar-refractivity contribution in [3.63, 3.8) is 0 Å². The van der Waals surface area contributed by atoms with Gasteiger partial charge in [0.25, 0.3) is 0 Å². The second-order valence-corrected chi connectivity index (χ2v) is 7.65. The van der Waals surface area contributed by atoms with Gasteiger partial charge in [-0.15, -0.1) is 0 Å². The molecule has 0 amide bonds. The monoisotopic (exact) mass is 423 g/mol. The van der Waals surface area contributed by atoms with Crippen LogP contribution in [0.3, 0.4) is 0 Å². The standard InChI is InChI=1S/C24H21N7O/c1-3-18(15-19(4-1)31-10-2-7-26-31)20-16-21-23(27-20)22(17-5-8-25-9-6-17)29-24(28-21)30-11-13-32-14-12-30/h1-10,15-16,27H,11-14H2. The van der Waals surface area contributed by atoms with Gasteiger partial charge in [0.2, 0.25) is 5.95 Å². The molecule has 1 aromatic carbocycles. The van der Waals surface area contributed by atoms with Crippen LogP contribution in [0, 0.1) is 0 Å². The quantitative estimate of drug-likeness (QED) is 0.474. The molecular formula is C24H21N7O. The van der Waals surface area contributed by atoms with Crippen LogP contribution in [-0.4, -0.2) is 56.0 Å². The van der Waals surface area contributed by atoms with Crippen LogP contribution >= 0.6 is 0 Å². The number of morpholine rings is 1. The van der Waals surface area contributed by atoms with Crippen LogP contribution in [-0.2, 0) is 4.74 Å². The number of pyridine rings is 1. The van der Waals surface area contributed by atoms with E-state index in [-0.39, 0.29) is 0 Å². The molecular weight excluding hydrogens is 402 g/mol. The van der Waals surface area contributed by atoms with Crippen molar-refractivity contribution < 1.29 is 4.74 Å². The summed E-state index contributed by atoms with van der Waals surface area (Å²) in [7, 11) is 0. The smallest absolute Gasteiger partial charge is 0.226 e. The van der Waals surface area contributed by atoms with Crippen molar-refractivity contribution in [1.82, 2.24) is 29.7 Å². The van der Waals surface area contributed by atoms with Gasteiger partial charge in [-0.3, -0.25) is 4.98 Å². The number of benzene rings is 1. The zero-order valence-corrected chi connectivity index (χ0v) is 17.3. The Morgan fingerprint density at radius 3 is 2.56 bits per heavy atom. The topological polar surface area (TPSA) is 84.8 Å². The Balaban J connectivity index is 1.49. The SMILES string of the molecule is c1cc(-c2cc3nc(N4CCOCC4)nc(-c4ccncc4)c3[nH]2)cc(-n2cccn2)c1. The summed E-state index contributed by atoms with van der Waals surface area (Å²) < 4.78 is 7.36. The third kappa shape index (κ3) is 3.40. The number of aromatic nitrogens is 6. The van der Waals surface area contributed by atoms with E-state index in [1.165, 1.54) is 0 Å². The van der Waals surface area contributed by atoms with Crippen molar-refractivity contribution >= 4 is 17.0 Å². The lowest BCUT2D eigenvalue weighted by atomic mass is 10.1. The van der Waals surface area contributed by atoms with Crippen LogP contribution in [0.25, 0.3) is 39.2 Å². The minimum atomic E-state index is 0.685. The van der Waals surface area contributed by atoms with E-state index in [2.05, 4.69) is 38.2 Å². The van der Waals surface area contributed by atoms with E-state index in [1.54, 1.807) is 18.6 Å². The van der Waals surface area contributed by atoms with Crippen molar-refractivity contribution in [2.45, 2.75) is 0 Å². The molecule has 1 N–H and O–H groups in total. The van der Waals surface area contributed by atoms with E-state index in [1.807, 2.05) is 41.2 Å². The molecule has 1 aliphatic rings. The summed E-state index contributed by atoms with van der Waals surface area (Å²) >= 11 is 0. The first-order valence-corrected chi connectivity index (χ1v) is 10.6. The zero-order chi connectivity index (χ0) is 21.3. The van der Waals surface area contributed by atoms with Gasteiger partial charge in [-0.1, -0.05) is 12.1 Å². The summed E-state index contributed by atoms with van der Waals surface area (Å²) in [5.41, 5.74) is 6.71. The van der Waals surface area contributed by atoms with Gasteiger partial charge in [-0.05, 0) is 36.4 Å². The van der Waals surface area contributed by atoms with Crippen LogP contribution in [0.4, 0.5) is 5.95 Å². The molecule has 8 nitrogen and oxygen atoms in total. The van der Waals surface area contributed by atoms with Gasteiger partial charge in [0.1, 0.15) is 5.69 Å². The number of rotatable bonds is 4. The molecule has 1 saturated heterocycles. The molecule has 4 aromatic heterocycles. The van der Waals surface area contributed by atoms with Gasteiger partial charge < -0.3 is 14.6 Å². The van der Waals surface area contributed by atoms with Crippen LogP contribution in [0.15, 0.2) is 73.3 Å². The summed E-state index contributed by atoms with van der Waals surface area (Å²) in [6.45, 7) is 2.93. The highest BCUT2D eigenvalue weighted by Gasteiger charge is 2.19. The molecule has 1 aliphatic heterocycles. The van der Waals surface area contributed by atoms with Crippen molar-refractivity contribution in [1.29, 1.82) is 0 Å². The summed E-state index contributed by atoms with van der Waals surface area (Å²) in [6.07, 6.45) is 7.29. The van der Waals surface area contributed by atoms with Crippen molar-refractivity contribution in [3.05, 3.63) is 73.3 Å². The van der Waals surface area contributed by atoms with Crippen molar-refractivity contribution in [2.24, 2.45) is 0 Å². The zero-order valence-electron chi connectivity index (χ0n) is 17.3. The Bertz CT molecular complexity index is 1360. The average molecular weight is 423 g/mol. The molecule has 0 spiro atoms. The third-order valence-electron chi connectivity index (χ3n) is 5.64. The molecule has 0 radical (unpaired) electrons. The Labute approximate surface area is 184 Å². The van der Waals surface area contributed by atoms with E-state index < -0.39 is 0 Å². The summed E-state index contributed by atoms with van der Waals surface area (Å²) in [5, 5.41) is 4.34. The first kappa shape index (κ1) is 18.7. The highest BCUT2D eigenvalue weighted by Crippen LogP contribution is 2.32. The number of hydrogen-bond donors (Lipinski definition) is 1. The Hall–Kier alpha value is -4.04. The molecule has 0 aliphatic carbocycles. The summed E-state index contributed by atoms with van der Waals surface area (Å²) in [5.74, 6) is 0.725. The Morgan fingerprint density at radius 2 is 1.75 bits per heavy atom. The Morgan fingerprint density at radius 1 is 0.875 bits per heavy atom. The lowest BCUT2D eigenvalue weighted by molar-refractivity contribution is 0.122. The predicted octanol–water partition coefficient (Wildman–Crippen LogP) is 3.71. The minimum Gasteiger partial charge on any atom is -0.378 e. The highest BCUT2D eigenvalue weighted by molar-refractivity contribution is 5.94. The molecule has 8 heteroatoms. The number of hydrogen-bond acceptors (Lipinski definition) is 6. The predicted molar refractivity (Wildman–Crippen MR) is 123 cm³/mol. The summed E-state index contributed by atoms with van der Waals surface area (Å²) in [4.78, 5) is 19.7. The van der Waals surface area contributed by atoms with Gasteiger partial charge in [0.15, 0.2) is 0 Å². The normalized spacial score (nSPS) is 14.2. The van der Waals surface area contributed by atoms with Gasteiger partial charge >= 0.3 is 0 Å². The second kappa shape index (κ2) is 7.90. The van der Waals surface area contributed by atoms with Gasteiger partial charge in [0, 0.05) is 54.7 Å². The maximum absolute atomic E-state index is 5.51. The summed E-state index contributed by atoms with van der Waals surface area (Å²) in [6, 6.07) is 16.2. The number of anilines is 1. The molecule has 0 atom stereocenters. The first-order valence-electron chi connectivity index (χ1n) is 10.6. The molecule has 6 rings (SSSR count). The van der Waals surface area contributed by atoms with Gasteiger partial charge in [0.05, 0.1) is 29.9 Å². The lowest BCUT2D eigenvalue weighted by Gasteiger charge is -2.27. The number of ether oxygens (including phenoxy) is 1. The molecule has 158 valence electrons. The molecule has 0 unspecified atom stereocenters. The van der Waals surface area contributed by atoms with E-state index in [0.717, 1.165) is 58.3 Å². The van der Waals surface area contributed by atoms with E-state index in [9.17, 15) is 0 Å². The minimum absolute atomic E-state index is 0.685. The maximum Gasteiger partial charge on any atom is 0.226 e. The van der Waals surface area contributed by atoms with Gasteiger partial charge in [-0.25, -0.2) is 14.6 Å². The fourth-order valence-corrected chi connectivity index (χ4v) is 4.02. The number of nitrogens with zero attached hydrogens (tertiary/aromatic N) is 6. The molecule has 0 bridgehead atoms. The number of aromatic amines is 1. The van der Waals surface area contributed by atoms with Gasteiger partial charge in [-0.2, -0.15) is 5.10 Å². The largest absolute Gasteiger partial charge is 0.378 e. The van der Waals surface area contributed by atoms with Crippen LogP contribution in [0.1, 0.15) is 0 Å². The Kier molecular flexibility index (Phi) is 4.62. The molecule has 0 saturated carbocycles. The second-order valence-electron chi connectivity index (χ2n) is 7.65. The van der Waals surface area contributed by atoms with E-state index in [0.29, 0.717) is 13.2 Å². The fraction of sp³-hybridized carbons (Fsp3) is 0.167. The third-order valence-corrected chi connectivity index (χ3v) is 5.64. The molecule has 32 heavy (non-hydrogen) atoms. The number of fused-ring (bicyclic) bond motifs is 1. The average Bonchev–Trinajstić information content (AvgIpc) is 3.55. The number of nitrogens with one attached hydrogen (secondary N) is 1. The molecule has 5 aromatic rings. The molecule has 1 fully saturated rings. The van der Waals surface area contributed by atoms with E-state index >= 15 is 0 Å². The van der Waals surface area contributed by atoms with Crippen molar-refractivity contribution in [2.75, 3.05) is 31.2 Å². The first-order chi connectivity index (χ1) is 15.8. The van der Waals surface area contributed by atoms with Crippen molar-refractivity contribution in [3.8, 4) is 28.2 Å². The van der Waals surface area contributed by atoms with Crippen LogP contribution in [0.2, 0.25) is 0 Å². The van der Waals surface area contributed by atoms with Crippen LogP contribution in [0.5, 0.6) is 0 Å². The highest BCUT2D eigenvalue weighted by atomic mass is 16.5. The van der Waals surface area contributed by atoms with Crippen LogP contribution < -0.4 is 4.90 Å². The fourth-order valence-electron chi connectivity index (χ4n) is 4.02. The lowest BCUT2D eigenvalue weighted by Crippen LogP contribution is -2.37. The van der Waals surface area contributed by atoms with E-state index in [4.69, 9.17) is 14.7 Å². The molecule has 5 heterocycles.